The molecule has 4 aromatic carbocycles. The average molecular weight is 1000 g/mol. The van der Waals surface area contributed by atoms with Gasteiger partial charge in [0.05, 0.1) is 4.47 Å². The smallest absolute Gasteiger partial charge is 0.743 e. The number of alkyl halides is 8. The van der Waals surface area contributed by atoms with Gasteiger partial charge in [-0.15, -0.1) is 0 Å². The van der Waals surface area contributed by atoms with Crippen LogP contribution < -0.4 is 68.8 Å². The van der Waals surface area contributed by atoms with E-state index < -0.39 is 68.7 Å². The molecule has 4 aromatic rings. The molecule has 0 atom stereocenters. The van der Waals surface area contributed by atoms with Gasteiger partial charge in [-0.05, 0) is 81.7 Å². The zero-order valence-corrected chi connectivity index (χ0v) is 36.7. The Morgan fingerprint density at radius 1 is 0.586 bits per heavy atom. The maximum atomic E-state index is 13.6. The van der Waals surface area contributed by atoms with E-state index in [0.29, 0.717) is 22.1 Å². The summed E-state index contributed by atoms with van der Waals surface area (Å²) in [5.74, 6) is -1.42. The molecular formula is C30H24B2Br2F8LiNaO12S2. The molecule has 0 heterocycles. The molecule has 0 saturated carbocycles. The Balaban J connectivity index is 0.000000875. The molecule has 306 valence electrons. The third-order valence-corrected chi connectivity index (χ3v) is 9.66. The van der Waals surface area contributed by atoms with E-state index in [9.17, 15) is 61.1 Å². The fraction of sp³-hybridized carbons (Fsp3) is 0.200. The number of hydrogen-bond donors (Lipinski definition) is 4. The Bertz CT molecular complexity index is 2170. The summed E-state index contributed by atoms with van der Waals surface area (Å²) >= 11 is 5.63. The quantitative estimate of drug-likeness (QED) is 0.0765. The molecule has 0 aliphatic rings. The minimum atomic E-state index is -6.62. The van der Waals surface area contributed by atoms with Gasteiger partial charge < -0.3 is 38.7 Å². The molecule has 0 aliphatic heterocycles. The fourth-order valence-electron chi connectivity index (χ4n) is 3.72. The molecule has 4 N–H and O–H groups in total. The zero-order chi connectivity index (χ0) is 43.2. The van der Waals surface area contributed by atoms with Crippen molar-refractivity contribution >= 4 is 77.3 Å². The molecule has 4 rings (SSSR count). The van der Waals surface area contributed by atoms with Crippen LogP contribution in [0, 0.1) is 13.8 Å². The number of ether oxygens (including phenoxy) is 2. The van der Waals surface area contributed by atoms with Crippen molar-refractivity contribution in [3.05, 3.63) is 105 Å². The van der Waals surface area contributed by atoms with Gasteiger partial charge in [0.25, 0.3) is 0 Å². The maximum Gasteiger partial charge on any atom is 1.00 e. The van der Waals surface area contributed by atoms with Crippen molar-refractivity contribution in [1.82, 2.24) is 0 Å². The molecular weight excluding hydrogens is 980 g/mol. The molecule has 0 spiro atoms. The van der Waals surface area contributed by atoms with Crippen molar-refractivity contribution in [2.75, 3.05) is 0 Å². The van der Waals surface area contributed by atoms with E-state index in [1.165, 1.54) is 49.4 Å². The van der Waals surface area contributed by atoms with Crippen molar-refractivity contribution in [2.24, 2.45) is 0 Å². The average Bonchev–Trinajstić information content (AvgIpc) is 3.07. The molecule has 0 aliphatic carbocycles. The molecule has 58 heavy (non-hydrogen) atoms. The second-order valence-corrected chi connectivity index (χ2v) is 15.6. The first-order valence-corrected chi connectivity index (χ1v) is 19.0. The third kappa shape index (κ3) is 14.7. The summed E-state index contributed by atoms with van der Waals surface area (Å²) in [4.78, 5) is 0. The number of halogens is 10. The Morgan fingerprint density at radius 3 is 1.34 bits per heavy atom. The van der Waals surface area contributed by atoms with E-state index in [4.69, 9.17) is 20.1 Å². The van der Waals surface area contributed by atoms with Gasteiger partial charge >= 0.3 is 85.4 Å². The van der Waals surface area contributed by atoms with Crippen LogP contribution in [0.25, 0.3) is 11.1 Å². The summed E-state index contributed by atoms with van der Waals surface area (Å²) in [5.41, 5.74) is 2.67. The van der Waals surface area contributed by atoms with Gasteiger partial charge in [-0.1, -0.05) is 82.2 Å². The fourth-order valence-corrected chi connectivity index (χ4v) is 5.05. The second kappa shape index (κ2) is 21.9. The molecule has 28 heteroatoms. The van der Waals surface area contributed by atoms with Gasteiger partial charge in [0.2, 0.25) is 0 Å². The molecule has 0 unspecified atom stereocenters. The minimum absolute atomic E-state index is 0. The Morgan fingerprint density at radius 2 is 0.966 bits per heavy atom. The Labute approximate surface area is 377 Å². The normalized spacial score (nSPS) is 12.0. The molecule has 0 radical (unpaired) electrons. The van der Waals surface area contributed by atoms with Crippen LogP contribution in [-0.4, -0.2) is 83.0 Å². The van der Waals surface area contributed by atoms with Crippen molar-refractivity contribution in [2.45, 2.75) is 36.6 Å². The second-order valence-electron chi connectivity index (χ2n) is 11.0. The van der Waals surface area contributed by atoms with E-state index in [1.807, 2.05) is 6.92 Å². The van der Waals surface area contributed by atoms with Gasteiger partial charge in [0.1, 0.15) is 11.5 Å². The monoisotopic (exact) mass is 1000 g/mol. The predicted molar refractivity (Wildman–Crippen MR) is 190 cm³/mol. The summed E-state index contributed by atoms with van der Waals surface area (Å²) < 4.78 is 175. The van der Waals surface area contributed by atoms with Crippen LogP contribution >= 0.6 is 31.9 Å². The zero-order valence-electron chi connectivity index (χ0n) is 29.9. The Hall–Kier alpha value is -1.73. The van der Waals surface area contributed by atoms with E-state index in [2.05, 4.69) is 41.3 Å². The first-order valence-electron chi connectivity index (χ1n) is 14.6. The standard InChI is InChI=1S/C16H14F4O4S.C8H4Br2F4O4S.C6H8B2O4.Li.Na/c1-10-3-6-12(7-4-10)13-8-5-11(2)14(9-13)24-15(17,18)16(19,20)25(21,22)23;9-4-1-2-5(10)6(3-4)18-7(11,12)8(13,14)19(15,16)17;9-7(10)5-1-2-6(4-3-5)8(11)12;;/h3-9H,1-2H3,(H,21,22,23);1-3H,(H,15,16,17);1-4,9-12H;;/q;;;2*+1/p-2. The topological polar surface area (TPSA) is 214 Å². The summed E-state index contributed by atoms with van der Waals surface area (Å²) in [5, 5.41) is 22.9. The molecule has 12 nitrogen and oxygen atoms in total. The van der Waals surface area contributed by atoms with E-state index in [0.717, 1.165) is 17.7 Å². The molecule has 0 fully saturated rings. The van der Waals surface area contributed by atoms with Crippen LogP contribution in [0.5, 0.6) is 11.5 Å². The molecule has 0 bridgehead atoms. The molecule has 0 amide bonds. The van der Waals surface area contributed by atoms with Crippen LogP contribution in [-0.2, 0) is 20.2 Å². The van der Waals surface area contributed by atoms with Crippen LogP contribution in [0.2, 0.25) is 0 Å². The van der Waals surface area contributed by atoms with E-state index in [1.54, 1.807) is 30.3 Å². The van der Waals surface area contributed by atoms with Crippen molar-refractivity contribution in [3.63, 3.8) is 0 Å². The largest absolute Gasteiger partial charge is 1.00 e. The van der Waals surface area contributed by atoms with Crippen molar-refractivity contribution in [1.29, 1.82) is 0 Å². The Kier molecular flexibility index (Phi) is 21.2. The third-order valence-electron chi connectivity index (χ3n) is 6.78. The van der Waals surface area contributed by atoms with Gasteiger partial charge in [0.15, 0.2) is 20.2 Å². The maximum absolute atomic E-state index is 13.6. The SMILES string of the molecule is Cc1ccc(-c2ccc(C)c(OC(F)(F)C(F)(F)S(=O)(=O)[O-])c2)cc1.O=S(=O)([O-])C(F)(F)C(F)(F)Oc1cc(Br)ccc1Br.OB(O)c1ccc(B(O)O)cc1.[Li+].[Na+]. The van der Waals surface area contributed by atoms with E-state index >= 15 is 0 Å². The summed E-state index contributed by atoms with van der Waals surface area (Å²) in [6, 6.07) is 20.0. The number of hydrogen-bond acceptors (Lipinski definition) is 12. The molecule has 0 aromatic heterocycles. The van der Waals surface area contributed by atoms with Crippen molar-refractivity contribution < 1.29 is 139 Å². The minimum Gasteiger partial charge on any atom is -0.743 e. The first-order chi connectivity index (χ1) is 25.3. The van der Waals surface area contributed by atoms with Gasteiger partial charge in [-0.3, -0.25) is 0 Å². The van der Waals surface area contributed by atoms with Crippen LogP contribution in [0.4, 0.5) is 35.1 Å². The number of aryl methyl sites for hydroxylation is 2. The molecule has 0 saturated heterocycles. The first kappa shape index (κ1) is 56.3. The summed E-state index contributed by atoms with van der Waals surface area (Å²) in [6.45, 7) is 3.16. The summed E-state index contributed by atoms with van der Waals surface area (Å²) in [6.07, 6.45) is -11.0. The predicted octanol–water partition coefficient (Wildman–Crippen LogP) is -1.54. The van der Waals surface area contributed by atoms with Crippen molar-refractivity contribution in [3.8, 4) is 22.6 Å². The van der Waals surface area contributed by atoms with Gasteiger partial charge in [-0.25, -0.2) is 16.8 Å². The van der Waals surface area contributed by atoms with Crippen LogP contribution in [0.1, 0.15) is 11.1 Å². The van der Waals surface area contributed by atoms with Crippen LogP contribution in [0.15, 0.2) is 93.9 Å². The number of benzene rings is 4. The van der Waals surface area contributed by atoms with E-state index in [-0.39, 0.29) is 62.9 Å². The van der Waals surface area contributed by atoms with Crippen LogP contribution in [0.3, 0.4) is 0 Å². The van der Waals surface area contributed by atoms with Gasteiger partial charge in [-0.2, -0.15) is 35.1 Å². The number of rotatable bonds is 11. The summed E-state index contributed by atoms with van der Waals surface area (Å²) in [7, 11) is -16.2. The van der Waals surface area contributed by atoms with Gasteiger partial charge in [0, 0.05) is 4.47 Å².